The zero-order valence-electron chi connectivity index (χ0n) is 10.2. The predicted molar refractivity (Wildman–Crippen MR) is 62.9 cm³/mol. The Morgan fingerprint density at radius 1 is 1.00 bits per heavy atom. The van der Waals surface area contributed by atoms with Crippen LogP contribution in [0.1, 0.15) is 32.1 Å². The van der Waals surface area contributed by atoms with Crippen LogP contribution < -0.4 is 5.73 Å². The minimum atomic E-state index is -2.27. The average molecular weight is 263 g/mol. The van der Waals surface area contributed by atoms with Crippen LogP contribution >= 0.6 is 0 Å². The number of aliphatic hydroxyl groups is 2. The molecule has 0 saturated heterocycles. The maximum absolute atomic E-state index is 9.77. The van der Waals surface area contributed by atoms with Gasteiger partial charge in [0.25, 0.3) is 0 Å². The molecule has 0 radical (unpaired) electrons. The van der Waals surface area contributed by atoms with Gasteiger partial charge in [-0.2, -0.15) is 0 Å². The van der Waals surface area contributed by atoms with Crippen LogP contribution in [0.25, 0.3) is 0 Å². The third-order valence-electron chi connectivity index (χ3n) is 2.86. The van der Waals surface area contributed by atoms with Crippen molar-refractivity contribution in [1.82, 2.24) is 0 Å². The van der Waals surface area contributed by atoms with E-state index in [0.29, 0.717) is 0 Å². The summed E-state index contributed by atoms with van der Waals surface area (Å²) < 4.78 is 0. The maximum atomic E-state index is 9.77. The van der Waals surface area contributed by atoms with Crippen molar-refractivity contribution in [1.29, 1.82) is 0 Å². The van der Waals surface area contributed by atoms with Crippen LogP contribution in [-0.4, -0.2) is 51.1 Å². The Bertz CT molecular complexity index is 246. The van der Waals surface area contributed by atoms with E-state index in [4.69, 9.17) is 26.2 Å². The van der Waals surface area contributed by atoms with Crippen LogP contribution in [0.3, 0.4) is 0 Å². The van der Waals surface area contributed by atoms with Crippen molar-refractivity contribution in [3.63, 3.8) is 0 Å². The maximum Gasteiger partial charge on any atom is 0.335 e. The van der Waals surface area contributed by atoms with E-state index in [1.165, 1.54) is 32.1 Å². The summed E-state index contributed by atoms with van der Waals surface area (Å²) in [6.07, 6.45) is 2.52. The van der Waals surface area contributed by atoms with E-state index < -0.39 is 24.1 Å². The van der Waals surface area contributed by atoms with Crippen LogP contribution in [0.4, 0.5) is 0 Å². The first kappa shape index (κ1) is 16.8. The molecule has 0 aromatic heterocycles. The SMILES string of the molecule is NCC1CCCCC1.O=C(O)C(O)C(O)C(=O)O. The molecule has 1 aliphatic rings. The van der Waals surface area contributed by atoms with E-state index in [1.54, 1.807) is 0 Å². The van der Waals surface area contributed by atoms with Gasteiger partial charge in [-0.3, -0.25) is 0 Å². The van der Waals surface area contributed by atoms with Crippen molar-refractivity contribution in [2.75, 3.05) is 6.54 Å². The summed E-state index contributed by atoms with van der Waals surface area (Å²) in [4.78, 5) is 19.5. The van der Waals surface area contributed by atoms with Gasteiger partial charge in [-0.25, -0.2) is 9.59 Å². The number of carbonyl (C=O) groups is 2. The fraction of sp³-hybridized carbons (Fsp3) is 0.818. The molecule has 7 nitrogen and oxygen atoms in total. The van der Waals surface area contributed by atoms with Crippen molar-refractivity contribution in [2.24, 2.45) is 11.7 Å². The summed E-state index contributed by atoms with van der Waals surface area (Å²) in [5.41, 5.74) is 5.50. The van der Waals surface area contributed by atoms with Crippen molar-refractivity contribution in [3.8, 4) is 0 Å². The number of aliphatic hydroxyl groups excluding tert-OH is 2. The van der Waals surface area contributed by atoms with Gasteiger partial charge < -0.3 is 26.2 Å². The summed E-state index contributed by atoms with van der Waals surface area (Å²) in [7, 11) is 0. The van der Waals surface area contributed by atoms with Gasteiger partial charge in [-0.1, -0.05) is 19.3 Å². The smallest absolute Gasteiger partial charge is 0.335 e. The number of carboxylic acids is 2. The van der Waals surface area contributed by atoms with Gasteiger partial charge in [-0.15, -0.1) is 0 Å². The molecular weight excluding hydrogens is 242 g/mol. The highest BCUT2D eigenvalue weighted by atomic mass is 16.4. The molecule has 0 aromatic carbocycles. The second-order valence-corrected chi connectivity index (χ2v) is 4.31. The largest absolute Gasteiger partial charge is 0.479 e. The van der Waals surface area contributed by atoms with Crippen molar-refractivity contribution in [2.45, 2.75) is 44.3 Å². The van der Waals surface area contributed by atoms with Crippen molar-refractivity contribution < 1.29 is 30.0 Å². The van der Waals surface area contributed by atoms with Crippen LogP contribution in [-0.2, 0) is 9.59 Å². The average Bonchev–Trinajstić information content (AvgIpc) is 2.38. The Labute approximate surface area is 105 Å². The molecule has 6 N–H and O–H groups in total. The number of nitrogens with two attached hydrogens (primary N) is 1. The zero-order chi connectivity index (χ0) is 14.1. The minimum absolute atomic E-state index is 0.865. The first-order valence-corrected chi connectivity index (χ1v) is 5.92. The molecule has 0 bridgehead atoms. The lowest BCUT2D eigenvalue weighted by atomic mass is 9.90. The number of hydrogen-bond donors (Lipinski definition) is 5. The summed E-state index contributed by atoms with van der Waals surface area (Å²) in [5.74, 6) is -2.67. The molecule has 1 fully saturated rings. The third kappa shape index (κ3) is 6.53. The molecule has 1 aliphatic carbocycles. The second kappa shape index (κ2) is 8.84. The fourth-order valence-electron chi connectivity index (χ4n) is 1.69. The molecule has 0 aliphatic heterocycles. The Balaban J connectivity index is 0.000000327. The van der Waals surface area contributed by atoms with Crippen LogP contribution in [0.15, 0.2) is 0 Å². The summed E-state index contributed by atoms with van der Waals surface area (Å²) >= 11 is 0. The molecule has 18 heavy (non-hydrogen) atoms. The molecule has 2 unspecified atom stereocenters. The molecule has 0 heterocycles. The van der Waals surface area contributed by atoms with E-state index >= 15 is 0 Å². The standard InChI is InChI=1S/C7H15N.C4H6O6/c8-6-7-4-2-1-3-5-7;5-1(3(7)8)2(6)4(9)10/h7H,1-6,8H2;1-2,5-6H,(H,7,8)(H,9,10). The Hall–Kier alpha value is -1.18. The first-order valence-electron chi connectivity index (χ1n) is 5.92. The molecule has 0 aromatic rings. The van der Waals surface area contributed by atoms with Gasteiger partial charge in [0, 0.05) is 0 Å². The first-order chi connectivity index (χ1) is 8.40. The van der Waals surface area contributed by atoms with E-state index in [-0.39, 0.29) is 0 Å². The number of aliphatic carboxylic acids is 2. The van der Waals surface area contributed by atoms with Crippen molar-refractivity contribution >= 4 is 11.9 Å². The van der Waals surface area contributed by atoms with Crippen LogP contribution in [0.5, 0.6) is 0 Å². The third-order valence-corrected chi connectivity index (χ3v) is 2.86. The van der Waals surface area contributed by atoms with Gasteiger partial charge in [-0.05, 0) is 25.3 Å². The lowest BCUT2D eigenvalue weighted by Gasteiger charge is -2.18. The highest BCUT2D eigenvalue weighted by Crippen LogP contribution is 2.21. The van der Waals surface area contributed by atoms with E-state index in [1.807, 2.05) is 0 Å². The monoisotopic (exact) mass is 263 g/mol. The number of rotatable bonds is 4. The summed E-state index contributed by atoms with van der Waals surface area (Å²) in [6.45, 7) is 0.917. The number of carboxylic acid groups (broad SMARTS) is 2. The normalized spacial score (nSPS) is 19.3. The van der Waals surface area contributed by atoms with E-state index in [0.717, 1.165) is 12.5 Å². The summed E-state index contributed by atoms with van der Waals surface area (Å²) in [6, 6.07) is 0. The number of hydrogen-bond acceptors (Lipinski definition) is 5. The van der Waals surface area contributed by atoms with Crippen LogP contribution in [0.2, 0.25) is 0 Å². The second-order valence-electron chi connectivity index (χ2n) is 4.31. The predicted octanol–water partition coefficient (Wildman–Crippen LogP) is -0.597. The Kier molecular flexibility index (Phi) is 8.27. The van der Waals surface area contributed by atoms with Gasteiger partial charge in [0.05, 0.1) is 0 Å². The minimum Gasteiger partial charge on any atom is -0.479 e. The topological polar surface area (TPSA) is 141 Å². The molecule has 0 spiro atoms. The summed E-state index contributed by atoms with van der Waals surface area (Å²) in [5, 5.41) is 32.5. The molecule has 0 amide bonds. The Morgan fingerprint density at radius 3 is 1.61 bits per heavy atom. The molecule has 2 atom stereocenters. The quantitative estimate of drug-likeness (QED) is 0.456. The van der Waals surface area contributed by atoms with Gasteiger partial charge in [0.15, 0.2) is 12.2 Å². The van der Waals surface area contributed by atoms with Gasteiger partial charge >= 0.3 is 11.9 Å². The van der Waals surface area contributed by atoms with Crippen LogP contribution in [0, 0.1) is 5.92 Å². The molecule has 106 valence electrons. The lowest BCUT2D eigenvalue weighted by Crippen LogP contribution is -2.39. The Morgan fingerprint density at radius 2 is 1.39 bits per heavy atom. The fourth-order valence-corrected chi connectivity index (χ4v) is 1.69. The highest BCUT2D eigenvalue weighted by Gasteiger charge is 2.29. The van der Waals surface area contributed by atoms with Gasteiger partial charge in [0.1, 0.15) is 0 Å². The molecule has 1 rings (SSSR count). The van der Waals surface area contributed by atoms with E-state index in [9.17, 15) is 9.59 Å². The zero-order valence-corrected chi connectivity index (χ0v) is 10.2. The van der Waals surface area contributed by atoms with Gasteiger partial charge in [0.2, 0.25) is 0 Å². The molecule has 1 saturated carbocycles. The lowest BCUT2D eigenvalue weighted by molar-refractivity contribution is -0.165. The van der Waals surface area contributed by atoms with Crippen molar-refractivity contribution in [3.05, 3.63) is 0 Å². The molecule has 7 heteroatoms. The van der Waals surface area contributed by atoms with E-state index in [2.05, 4.69) is 0 Å². The highest BCUT2D eigenvalue weighted by molar-refractivity contribution is 5.83. The molecular formula is C11H21NO6.